The van der Waals surface area contributed by atoms with Crippen molar-refractivity contribution in [2.45, 2.75) is 25.7 Å². The second kappa shape index (κ2) is 6.19. The third kappa shape index (κ3) is 3.57. The number of halogens is 2. The summed E-state index contributed by atoms with van der Waals surface area (Å²) in [5.41, 5.74) is 0. The normalized spacial score (nSPS) is 12.4. The molecule has 102 valence electrons. The highest BCUT2D eigenvalue weighted by Gasteiger charge is 2.24. The molecule has 0 amide bonds. The van der Waals surface area contributed by atoms with Gasteiger partial charge in [0.1, 0.15) is 10.0 Å². The van der Waals surface area contributed by atoms with Crippen molar-refractivity contribution in [1.29, 1.82) is 0 Å². The Kier molecular flexibility index (Phi) is 5.40. The van der Waals surface area contributed by atoms with Crippen LogP contribution in [0.2, 0.25) is 10.2 Å². The molecule has 0 saturated carbocycles. The summed E-state index contributed by atoms with van der Waals surface area (Å²) in [5, 5.41) is 0.237. The quantitative estimate of drug-likeness (QED) is 0.785. The Balaban J connectivity index is 3.14. The van der Waals surface area contributed by atoms with Crippen molar-refractivity contribution in [2.24, 2.45) is 5.92 Å². The van der Waals surface area contributed by atoms with E-state index in [0.717, 1.165) is 0 Å². The fourth-order valence-corrected chi connectivity index (χ4v) is 3.42. The van der Waals surface area contributed by atoms with E-state index in [0.29, 0.717) is 13.1 Å². The minimum absolute atomic E-state index is 0.0689. The van der Waals surface area contributed by atoms with Crippen molar-refractivity contribution in [3.8, 4) is 0 Å². The Hall–Kier alpha value is -0.360. The maximum Gasteiger partial charge on any atom is 0.244 e. The molecule has 7 heteroatoms. The van der Waals surface area contributed by atoms with E-state index in [1.165, 1.54) is 16.6 Å². The fraction of sp³-hybridized carbons (Fsp3) is 0.545. The lowest BCUT2D eigenvalue weighted by Gasteiger charge is -2.22. The van der Waals surface area contributed by atoms with Gasteiger partial charge in [-0.3, -0.25) is 0 Å². The van der Waals surface area contributed by atoms with Crippen LogP contribution < -0.4 is 0 Å². The largest absolute Gasteiger partial charge is 0.244 e. The highest BCUT2D eigenvalue weighted by Crippen LogP contribution is 2.24. The molecule has 4 nitrogen and oxygen atoms in total. The zero-order valence-corrected chi connectivity index (χ0v) is 12.8. The maximum absolute atomic E-state index is 12.3. The van der Waals surface area contributed by atoms with Crippen LogP contribution in [0.1, 0.15) is 20.8 Å². The summed E-state index contributed by atoms with van der Waals surface area (Å²) < 4.78 is 26.1. The molecule has 18 heavy (non-hydrogen) atoms. The molecule has 1 aromatic heterocycles. The Morgan fingerprint density at radius 1 is 1.39 bits per heavy atom. The Morgan fingerprint density at radius 3 is 2.44 bits per heavy atom. The summed E-state index contributed by atoms with van der Waals surface area (Å²) in [6, 6.07) is 1.33. The minimum atomic E-state index is -3.56. The van der Waals surface area contributed by atoms with Crippen LogP contribution in [-0.2, 0) is 10.0 Å². The first-order valence-corrected chi connectivity index (χ1v) is 7.79. The van der Waals surface area contributed by atoms with E-state index in [1.807, 2.05) is 13.8 Å². The number of nitrogens with zero attached hydrogens (tertiary/aromatic N) is 2. The van der Waals surface area contributed by atoms with Crippen LogP contribution in [0.4, 0.5) is 0 Å². The fourth-order valence-electron chi connectivity index (χ4n) is 1.50. The molecule has 0 atom stereocenters. The lowest BCUT2D eigenvalue weighted by Crippen LogP contribution is -2.34. The second-order valence-corrected chi connectivity index (χ2v) is 7.00. The summed E-state index contributed by atoms with van der Waals surface area (Å²) in [6.07, 6.45) is 1.23. The number of aromatic nitrogens is 1. The number of hydrogen-bond donors (Lipinski definition) is 0. The average Bonchev–Trinajstić information content (AvgIpc) is 2.28. The molecular weight excluding hydrogens is 295 g/mol. The van der Waals surface area contributed by atoms with Crippen molar-refractivity contribution < 1.29 is 8.42 Å². The van der Waals surface area contributed by atoms with Crippen molar-refractivity contribution >= 4 is 33.2 Å². The van der Waals surface area contributed by atoms with Crippen LogP contribution in [-0.4, -0.2) is 30.8 Å². The summed E-state index contributed by atoms with van der Waals surface area (Å²) >= 11 is 11.5. The Bertz CT molecular complexity index is 518. The van der Waals surface area contributed by atoms with Crippen molar-refractivity contribution in [3.63, 3.8) is 0 Å². The molecule has 0 aliphatic carbocycles. The minimum Gasteiger partial charge on any atom is -0.242 e. The third-order valence-corrected chi connectivity index (χ3v) is 4.92. The van der Waals surface area contributed by atoms with Gasteiger partial charge in [-0.25, -0.2) is 13.4 Å². The van der Waals surface area contributed by atoms with E-state index < -0.39 is 10.0 Å². The molecule has 0 aliphatic heterocycles. The molecule has 0 unspecified atom stereocenters. The summed E-state index contributed by atoms with van der Waals surface area (Å²) in [5.74, 6) is 0.246. The first-order valence-electron chi connectivity index (χ1n) is 5.60. The Morgan fingerprint density at radius 2 is 2.00 bits per heavy atom. The molecule has 1 heterocycles. The predicted molar refractivity (Wildman–Crippen MR) is 73.5 cm³/mol. The standard InChI is InChI=1S/C11H16Cl2N2O2S/c1-4-15(7-8(2)3)18(16,17)9-5-10(12)11(13)14-6-9/h5-6,8H,4,7H2,1-3H3. The molecule has 1 rings (SSSR count). The number of sulfonamides is 1. The van der Waals surface area contributed by atoms with Gasteiger partial charge in [0.25, 0.3) is 0 Å². The van der Waals surface area contributed by atoms with Crippen molar-refractivity contribution in [3.05, 3.63) is 22.4 Å². The SMILES string of the molecule is CCN(CC(C)C)S(=O)(=O)c1cnc(Cl)c(Cl)c1. The molecule has 0 aliphatic rings. The van der Waals surface area contributed by atoms with Gasteiger partial charge >= 0.3 is 0 Å². The second-order valence-electron chi connectivity index (χ2n) is 4.29. The van der Waals surface area contributed by atoms with Gasteiger partial charge in [-0.05, 0) is 12.0 Å². The predicted octanol–water partition coefficient (Wildman–Crippen LogP) is 3.06. The van der Waals surface area contributed by atoms with Crippen molar-refractivity contribution in [2.75, 3.05) is 13.1 Å². The van der Waals surface area contributed by atoms with E-state index in [-0.39, 0.29) is 21.0 Å². The maximum atomic E-state index is 12.3. The van der Waals surface area contributed by atoms with Crippen LogP contribution in [0.3, 0.4) is 0 Å². The summed E-state index contributed by atoms with van der Waals surface area (Å²) in [6.45, 7) is 6.58. The molecule has 0 fully saturated rings. The monoisotopic (exact) mass is 310 g/mol. The highest BCUT2D eigenvalue weighted by atomic mass is 35.5. The van der Waals surface area contributed by atoms with Gasteiger partial charge < -0.3 is 0 Å². The van der Waals surface area contributed by atoms with E-state index in [4.69, 9.17) is 23.2 Å². The van der Waals surface area contributed by atoms with E-state index in [2.05, 4.69) is 4.98 Å². The lowest BCUT2D eigenvalue weighted by molar-refractivity contribution is 0.381. The lowest BCUT2D eigenvalue weighted by atomic mass is 10.2. The van der Waals surface area contributed by atoms with E-state index >= 15 is 0 Å². The smallest absolute Gasteiger partial charge is 0.242 e. The van der Waals surface area contributed by atoms with Crippen LogP contribution in [0, 0.1) is 5.92 Å². The summed E-state index contributed by atoms with van der Waals surface area (Å²) in [4.78, 5) is 3.84. The molecule has 0 spiro atoms. The van der Waals surface area contributed by atoms with E-state index in [9.17, 15) is 8.42 Å². The van der Waals surface area contributed by atoms with Crippen LogP contribution in [0.15, 0.2) is 17.2 Å². The molecule has 0 saturated heterocycles. The van der Waals surface area contributed by atoms with Gasteiger partial charge in [-0.1, -0.05) is 44.0 Å². The number of rotatable bonds is 5. The van der Waals surface area contributed by atoms with Crippen LogP contribution in [0.25, 0.3) is 0 Å². The topological polar surface area (TPSA) is 50.3 Å². The third-order valence-electron chi connectivity index (χ3n) is 2.33. The average molecular weight is 311 g/mol. The molecule has 0 bridgehead atoms. The molecular formula is C11H16Cl2N2O2S. The zero-order valence-electron chi connectivity index (χ0n) is 10.5. The molecule has 0 N–H and O–H groups in total. The Labute approximate surface area is 118 Å². The summed E-state index contributed by atoms with van der Waals surface area (Å²) in [7, 11) is -3.56. The highest BCUT2D eigenvalue weighted by molar-refractivity contribution is 7.89. The van der Waals surface area contributed by atoms with E-state index in [1.54, 1.807) is 6.92 Å². The first kappa shape index (κ1) is 15.7. The van der Waals surface area contributed by atoms with Crippen LogP contribution in [0.5, 0.6) is 0 Å². The van der Waals surface area contributed by atoms with Gasteiger partial charge in [0.2, 0.25) is 10.0 Å². The first-order chi connectivity index (χ1) is 8.28. The number of pyridine rings is 1. The zero-order chi connectivity index (χ0) is 13.9. The van der Waals surface area contributed by atoms with Gasteiger partial charge in [-0.15, -0.1) is 0 Å². The van der Waals surface area contributed by atoms with Gasteiger partial charge in [0.05, 0.1) is 5.02 Å². The van der Waals surface area contributed by atoms with Gasteiger partial charge in [-0.2, -0.15) is 4.31 Å². The molecule has 0 aromatic carbocycles. The number of hydrogen-bond acceptors (Lipinski definition) is 3. The van der Waals surface area contributed by atoms with Gasteiger partial charge in [0, 0.05) is 19.3 Å². The molecule has 1 aromatic rings. The van der Waals surface area contributed by atoms with Crippen LogP contribution >= 0.6 is 23.2 Å². The molecule has 0 radical (unpaired) electrons. The van der Waals surface area contributed by atoms with Crippen molar-refractivity contribution in [1.82, 2.24) is 9.29 Å². The van der Waals surface area contributed by atoms with Gasteiger partial charge in [0.15, 0.2) is 0 Å².